The van der Waals surface area contributed by atoms with Crippen LogP contribution < -0.4 is 5.32 Å². The SMILES string of the molecule is CNCc1scc(C)c1S(=O)(=O)N(C)CCCOC. The highest BCUT2D eigenvalue weighted by molar-refractivity contribution is 7.89. The highest BCUT2D eigenvalue weighted by Gasteiger charge is 2.26. The second-order valence-electron chi connectivity index (χ2n) is 4.37. The number of aryl methyl sites for hydroxylation is 1. The van der Waals surface area contributed by atoms with Gasteiger partial charge in [0.15, 0.2) is 0 Å². The zero-order valence-electron chi connectivity index (χ0n) is 11.9. The van der Waals surface area contributed by atoms with E-state index in [1.54, 1.807) is 14.2 Å². The van der Waals surface area contributed by atoms with Crippen molar-refractivity contribution in [3.8, 4) is 0 Å². The van der Waals surface area contributed by atoms with E-state index in [9.17, 15) is 8.42 Å². The number of hydrogen-bond donors (Lipinski definition) is 1. The minimum absolute atomic E-state index is 0.451. The van der Waals surface area contributed by atoms with E-state index < -0.39 is 10.0 Å². The van der Waals surface area contributed by atoms with Crippen molar-refractivity contribution >= 4 is 21.4 Å². The van der Waals surface area contributed by atoms with Crippen LogP contribution in [-0.4, -0.2) is 47.1 Å². The van der Waals surface area contributed by atoms with Gasteiger partial charge in [0.1, 0.15) is 4.90 Å². The summed E-state index contributed by atoms with van der Waals surface area (Å²) in [5, 5.41) is 4.90. The molecule has 0 spiro atoms. The van der Waals surface area contributed by atoms with Crippen LogP contribution in [0, 0.1) is 6.92 Å². The predicted molar refractivity (Wildman–Crippen MR) is 78.1 cm³/mol. The van der Waals surface area contributed by atoms with E-state index in [-0.39, 0.29) is 0 Å². The first-order valence-electron chi connectivity index (χ1n) is 6.12. The predicted octanol–water partition coefficient (Wildman–Crippen LogP) is 1.43. The van der Waals surface area contributed by atoms with Gasteiger partial charge in [0.2, 0.25) is 10.0 Å². The molecule has 0 aliphatic rings. The summed E-state index contributed by atoms with van der Waals surface area (Å²) in [6.07, 6.45) is 0.691. The van der Waals surface area contributed by atoms with Gasteiger partial charge in [-0.1, -0.05) is 0 Å². The van der Waals surface area contributed by atoms with Crippen molar-refractivity contribution in [1.82, 2.24) is 9.62 Å². The van der Waals surface area contributed by atoms with Gasteiger partial charge >= 0.3 is 0 Å². The molecule has 1 heterocycles. The Labute approximate surface area is 119 Å². The van der Waals surface area contributed by atoms with Crippen molar-refractivity contribution in [3.05, 3.63) is 15.8 Å². The number of ether oxygens (including phenoxy) is 1. The lowest BCUT2D eigenvalue weighted by molar-refractivity contribution is 0.189. The number of thiophene rings is 1. The smallest absolute Gasteiger partial charge is 0.244 e. The summed E-state index contributed by atoms with van der Waals surface area (Å²) in [6.45, 7) is 3.43. The highest BCUT2D eigenvalue weighted by Crippen LogP contribution is 2.29. The number of sulfonamides is 1. The van der Waals surface area contributed by atoms with Gasteiger partial charge in [0.05, 0.1) is 0 Å². The molecular formula is C12H22N2O3S2. The van der Waals surface area contributed by atoms with Crippen molar-refractivity contribution in [2.45, 2.75) is 24.8 Å². The Balaban J connectivity index is 2.96. The molecule has 0 radical (unpaired) electrons. The Morgan fingerprint density at radius 3 is 2.74 bits per heavy atom. The lowest BCUT2D eigenvalue weighted by atomic mass is 10.3. The Bertz CT molecular complexity index is 497. The largest absolute Gasteiger partial charge is 0.385 e. The van der Waals surface area contributed by atoms with Gasteiger partial charge in [-0.25, -0.2) is 12.7 Å². The summed E-state index contributed by atoms with van der Waals surface area (Å²) < 4.78 is 31.5. The fourth-order valence-corrected chi connectivity index (χ4v) is 4.80. The molecule has 0 saturated heterocycles. The third kappa shape index (κ3) is 4.00. The Morgan fingerprint density at radius 1 is 1.47 bits per heavy atom. The van der Waals surface area contributed by atoms with Gasteiger partial charge in [-0.2, -0.15) is 0 Å². The first-order chi connectivity index (χ1) is 8.95. The van der Waals surface area contributed by atoms with Crippen LogP contribution in [0.4, 0.5) is 0 Å². The van der Waals surface area contributed by atoms with E-state index >= 15 is 0 Å². The maximum atomic E-state index is 12.6. The van der Waals surface area contributed by atoms with Crippen LogP contribution in [0.25, 0.3) is 0 Å². The maximum Gasteiger partial charge on any atom is 0.244 e. The number of nitrogens with one attached hydrogen (secondary N) is 1. The molecule has 0 saturated carbocycles. The van der Waals surface area contributed by atoms with Gasteiger partial charge < -0.3 is 10.1 Å². The summed E-state index contributed by atoms with van der Waals surface area (Å²) in [5.41, 5.74) is 0.814. The van der Waals surface area contributed by atoms with Gasteiger partial charge in [-0.05, 0) is 31.3 Å². The monoisotopic (exact) mass is 306 g/mol. The summed E-state index contributed by atoms with van der Waals surface area (Å²) >= 11 is 1.48. The molecule has 0 unspecified atom stereocenters. The molecule has 19 heavy (non-hydrogen) atoms. The maximum absolute atomic E-state index is 12.6. The molecule has 110 valence electrons. The van der Waals surface area contributed by atoms with Gasteiger partial charge in [0.25, 0.3) is 0 Å². The fourth-order valence-electron chi connectivity index (χ4n) is 1.82. The van der Waals surface area contributed by atoms with E-state index in [0.717, 1.165) is 10.4 Å². The second-order valence-corrected chi connectivity index (χ2v) is 7.32. The topological polar surface area (TPSA) is 58.6 Å². The minimum Gasteiger partial charge on any atom is -0.385 e. The summed E-state index contributed by atoms with van der Waals surface area (Å²) in [7, 11) is 1.63. The molecule has 0 atom stereocenters. The van der Waals surface area contributed by atoms with Crippen LogP contribution in [0.15, 0.2) is 10.3 Å². The first-order valence-corrected chi connectivity index (χ1v) is 8.44. The van der Waals surface area contributed by atoms with Gasteiger partial charge in [-0.3, -0.25) is 0 Å². The molecule has 0 aliphatic carbocycles. The summed E-state index contributed by atoms with van der Waals surface area (Å²) in [5.74, 6) is 0. The van der Waals surface area contributed by atoms with E-state index in [1.165, 1.54) is 15.6 Å². The average molecular weight is 306 g/mol. The molecule has 0 aromatic carbocycles. The number of hydrogen-bond acceptors (Lipinski definition) is 5. The molecular weight excluding hydrogens is 284 g/mol. The third-order valence-corrected chi connectivity index (χ3v) is 6.14. The quantitative estimate of drug-likeness (QED) is 0.738. The Hall–Kier alpha value is -0.470. The van der Waals surface area contributed by atoms with Crippen LogP contribution >= 0.6 is 11.3 Å². The second kappa shape index (κ2) is 7.35. The molecule has 0 aliphatic heterocycles. The van der Waals surface area contributed by atoms with Crippen LogP contribution in [0.1, 0.15) is 16.9 Å². The van der Waals surface area contributed by atoms with E-state index in [0.29, 0.717) is 31.0 Å². The van der Waals surface area contributed by atoms with Crippen LogP contribution in [0.3, 0.4) is 0 Å². The van der Waals surface area contributed by atoms with Crippen molar-refractivity contribution in [1.29, 1.82) is 0 Å². The number of rotatable bonds is 8. The molecule has 1 rings (SSSR count). The lowest BCUT2D eigenvalue weighted by Gasteiger charge is -2.18. The number of nitrogens with zero attached hydrogens (tertiary/aromatic N) is 1. The molecule has 0 bridgehead atoms. The van der Waals surface area contributed by atoms with Gasteiger partial charge in [0, 0.05) is 38.7 Å². The molecule has 1 aromatic rings. The summed E-state index contributed by atoms with van der Waals surface area (Å²) in [4.78, 5) is 1.31. The van der Waals surface area contributed by atoms with E-state index in [2.05, 4.69) is 5.32 Å². The molecule has 7 heteroatoms. The highest BCUT2D eigenvalue weighted by atomic mass is 32.2. The Morgan fingerprint density at radius 2 is 2.16 bits per heavy atom. The normalized spacial score (nSPS) is 12.3. The lowest BCUT2D eigenvalue weighted by Crippen LogP contribution is -2.29. The van der Waals surface area contributed by atoms with Crippen molar-refractivity contribution < 1.29 is 13.2 Å². The van der Waals surface area contributed by atoms with Crippen LogP contribution in [0.5, 0.6) is 0 Å². The molecule has 0 fully saturated rings. The minimum atomic E-state index is -3.41. The standard InChI is InChI=1S/C12H22N2O3S2/c1-10-9-18-11(8-13-2)12(10)19(15,16)14(3)6-5-7-17-4/h9,13H,5-8H2,1-4H3. The van der Waals surface area contributed by atoms with Crippen molar-refractivity contribution in [2.75, 3.05) is 34.4 Å². The molecule has 1 aromatic heterocycles. The van der Waals surface area contributed by atoms with Gasteiger partial charge in [-0.15, -0.1) is 11.3 Å². The van der Waals surface area contributed by atoms with Crippen LogP contribution in [-0.2, 0) is 21.3 Å². The summed E-state index contributed by atoms with van der Waals surface area (Å²) in [6, 6.07) is 0. The third-order valence-electron chi connectivity index (χ3n) is 2.82. The Kier molecular flexibility index (Phi) is 6.41. The first kappa shape index (κ1) is 16.6. The fraction of sp³-hybridized carbons (Fsp3) is 0.667. The zero-order chi connectivity index (χ0) is 14.5. The average Bonchev–Trinajstić information content (AvgIpc) is 2.71. The van der Waals surface area contributed by atoms with Crippen LogP contribution in [0.2, 0.25) is 0 Å². The molecule has 5 nitrogen and oxygen atoms in total. The van der Waals surface area contributed by atoms with E-state index in [4.69, 9.17) is 4.74 Å². The molecule has 0 amide bonds. The molecule has 1 N–H and O–H groups in total. The van der Waals surface area contributed by atoms with Crippen molar-refractivity contribution in [3.63, 3.8) is 0 Å². The van der Waals surface area contributed by atoms with Crippen molar-refractivity contribution in [2.24, 2.45) is 0 Å². The number of methoxy groups -OCH3 is 1. The zero-order valence-corrected chi connectivity index (χ0v) is 13.5. The van der Waals surface area contributed by atoms with E-state index in [1.807, 2.05) is 19.4 Å².